The highest BCUT2D eigenvalue weighted by atomic mass is 79.9. The van der Waals surface area contributed by atoms with E-state index in [2.05, 4.69) is 36.8 Å². The minimum atomic E-state index is 0.164. The predicted octanol–water partition coefficient (Wildman–Crippen LogP) is 3.96. The molecule has 0 unspecified atom stereocenters. The Hall–Kier alpha value is -1.00. The van der Waals surface area contributed by atoms with E-state index in [4.69, 9.17) is 0 Å². The van der Waals surface area contributed by atoms with Crippen LogP contribution in [0.25, 0.3) is 0 Å². The van der Waals surface area contributed by atoms with Crippen LogP contribution in [0.3, 0.4) is 0 Å². The van der Waals surface area contributed by atoms with Crippen LogP contribution in [-0.2, 0) is 17.6 Å². The van der Waals surface area contributed by atoms with Crippen molar-refractivity contribution < 1.29 is 4.79 Å². The summed E-state index contributed by atoms with van der Waals surface area (Å²) in [6.45, 7) is 0. The molecule has 0 radical (unpaired) electrons. The van der Waals surface area contributed by atoms with Crippen molar-refractivity contribution in [3.63, 3.8) is 0 Å². The van der Waals surface area contributed by atoms with Crippen molar-refractivity contribution in [3.05, 3.63) is 62.8 Å². The molecule has 1 heterocycles. The van der Waals surface area contributed by atoms with Crippen LogP contribution >= 0.6 is 31.9 Å². The molecule has 0 N–H and O–H groups in total. The molecule has 0 amide bonds. The number of ketones is 1. The van der Waals surface area contributed by atoms with Gasteiger partial charge in [0.1, 0.15) is 5.78 Å². The molecule has 4 heteroatoms. The van der Waals surface area contributed by atoms with Gasteiger partial charge in [-0.25, -0.2) is 0 Å². The first-order valence-corrected chi connectivity index (χ1v) is 7.09. The Balaban J connectivity index is 2.01. The van der Waals surface area contributed by atoms with E-state index >= 15 is 0 Å². The molecule has 2 rings (SSSR count). The molecule has 2 nitrogen and oxygen atoms in total. The zero-order chi connectivity index (χ0) is 13.0. The Morgan fingerprint density at radius 2 is 1.83 bits per heavy atom. The van der Waals surface area contributed by atoms with E-state index in [1.807, 2.05) is 36.4 Å². The SMILES string of the molecule is O=C(Cc1ccc(Br)cn1)Cc1ccccc1Br. The number of hydrogen-bond acceptors (Lipinski definition) is 2. The van der Waals surface area contributed by atoms with E-state index in [0.717, 1.165) is 20.2 Å². The fourth-order valence-electron chi connectivity index (χ4n) is 1.63. The average molecular weight is 369 g/mol. The Kier molecular flexibility index (Phi) is 4.66. The number of carbonyl (C=O) groups excluding carboxylic acids is 1. The molecule has 0 fully saturated rings. The smallest absolute Gasteiger partial charge is 0.143 e. The van der Waals surface area contributed by atoms with Gasteiger partial charge in [0, 0.05) is 33.7 Å². The molecule has 1 aromatic heterocycles. The number of nitrogens with zero attached hydrogens (tertiary/aromatic N) is 1. The maximum Gasteiger partial charge on any atom is 0.143 e. The van der Waals surface area contributed by atoms with Crippen LogP contribution in [0.5, 0.6) is 0 Å². The number of halogens is 2. The summed E-state index contributed by atoms with van der Waals surface area (Å²) in [4.78, 5) is 16.1. The van der Waals surface area contributed by atoms with Gasteiger partial charge in [-0.3, -0.25) is 9.78 Å². The molecule has 92 valence electrons. The van der Waals surface area contributed by atoms with Gasteiger partial charge >= 0.3 is 0 Å². The molecule has 0 saturated heterocycles. The third-order valence-electron chi connectivity index (χ3n) is 2.51. The third-order valence-corrected chi connectivity index (χ3v) is 3.76. The van der Waals surface area contributed by atoms with Crippen LogP contribution in [0.4, 0.5) is 0 Å². The summed E-state index contributed by atoms with van der Waals surface area (Å²) in [5.41, 5.74) is 1.81. The van der Waals surface area contributed by atoms with Gasteiger partial charge in [-0.1, -0.05) is 34.1 Å². The minimum absolute atomic E-state index is 0.164. The van der Waals surface area contributed by atoms with Crippen molar-refractivity contribution in [2.75, 3.05) is 0 Å². The highest BCUT2D eigenvalue weighted by Gasteiger charge is 2.08. The number of rotatable bonds is 4. The molecule has 0 atom stereocenters. The lowest BCUT2D eigenvalue weighted by molar-refractivity contribution is -0.117. The van der Waals surface area contributed by atoms with Crippen molar-refractivity contribution in [3.8, 4) is 0 Å². The van der Waals surface area contributed by atoms with Gasteiger partial charge in [0.05, 0.1) is 0 Å². The molecule has 0 aliphatic rings. The first kappa shape index (κ1) is 13.4. The Morgan fingerprint density at radius 3 is 2.50 bits per heavy atom. The fraction of sp³-hybridized carbons (Fsp3) is 0.143. The van der Waals surface area contributed by atoms with E-state index in [0.29, 0.717) is 12.8 Å². The summed E-state index contributed by atoms with van der Waals surface area (Å²) in [5.74, 6) is 0.164. The number of hydrogen-bond donors (Lipinski definition) is 0. The van der Waals surface area contributed by atoms with Crippen LogP contribution in [0.1, 0.15) is 11.3 Å². The highest BCUT2D eigenvalue weighted by molar-refractivity contribution is 9.10. The van der Waals surface area contributed by atoms with Crippen LogP contribution in [0.15, 0.2) is 51.5 Å². The van der Waals surface area contributed by atoms with Crippen molar-refractivity contribution in [2.45, 2.75) is 12.8 Å². The summed E-state index contributed by atoms with van der Waals surface area (Å²) in [7, 11) is 0. The topological polar surface area (TPSA) is 30.0 Å². The maximum absolute atomic E-state index is 11.9. The van der Waals surface area contributed by atoms with Gasteiger partial charge < -0.3 is 0 Å². The van der Waals surface area contributed by atoms with Gasteiger partial charge in [0.15, 0.2) is 0 Å². The standard InChI is InChI=1S/C14H11Br2NO/c15-11-5-6-12(17-9-11)8-13(18)7-10-3-1-2-4-14(10)16/h1-6,9H,7-8H2. The van der Waals surface area contributed by atoms with Gasteiger partial charge in [-0.2, -0.15) is 0 Å². The predicted molar refractivity (Wildman–Crippen MR) is 78.5 cm³/mol. The van der Waals surface area contributed by atoms with Gasteiger partial charge in [0.25, 0.3) is 0 Å². The minimum Gasteiger partial charge on any atom is -0.299 e. The van der Waals surface area contributed by atoms with Crippen molar-refractivity contribution in [2.24, 2.45) is 0 Å². The lowest BCUT2D eigenvalue weighted by Crippen LogP contribution is -2.08. The van der Waals surface area contributed by atoms with Gasteiger partial charge in [0.2, 0.25) is 0 Å². The summed E-state index contributed by atoms with van der Waals surface area (Å²) in [5, 5.41) is 0. The monoisotopic (exact) mass is 367 g/mol. The molecule has 1 aromatic carbocycles. The molecule has 0 spiro atoms. The Bertz CT molecular complexity index is 552. The first-order chi connectivity index (χ1) is 8.65. The molecular weight excluding hydrogens is 358 g/mol. The van der Waals surface area contributed by atoms with Crippen LogP contribution in [0, 0.1) is 0 Å². The molecule has 18 heavy (non-hydrogen) atoms. The quantitative estimate of drug-likeness (QED) is 0.817. The van der Waals surface area contributed by atoms with E-state index < -0.39 is 0 Å². The van der Waals surface area contributed by atoms with Gasteiger partial charge in [-0.05, 0) is 39.7 Å². The number of aromatic nitrogens is 1. The van der Waals surface area contributed by atoms with Crippen molar-refractivity contribution in [1.29, 1.82) is 0 Å². The van der Waals surface area contributed by atoms with E-state index in [1.54, 1.807) is 6.20 Å². The lowest BCUT2D eigenvalue weighted by Gasteiger charge is -2.03. The van der Waals surface area contributed by atoms with E-state index in [-0.39, 0.29) is 5.78 Å². The second-order valence-corrected chi connectivity index (χ2v) is 5.72. The van der Waals surface area contributed by atoms with Crippen molar-refractivity contribution in [1.82, 2.24) is 4.98 Å². The van der Waals surface area contributed by atoms with Crippen LogP contribution in [0.2, 0.25) is 0 Å². The highest BCUT2D eigenvalue weighted by Crippen LogP contribution is 2.17. The van der Waals surface area contributed by atoms with E-state index in [9.17, 15) is 4.79 Å². The zero-order valence-electron chi connectivity index (χ0n) is 9.57. The maximum atomic E-state index is 11.9. The molecule has 0 aliphatic carbocycles. The van der Waals surface area contributed by atoms with Gasteiger partial charge in [-0.15, -0.1) is 0 Å². The largest absolute Gasteiger partial charge is 0.299 e. The third kappa shape index (κ3) is 3.75. The second-order valence-electron chi connectivity index (χ2n) is 3.95. The second kappa shape index (κ2) is 6.25. The molecule has 2 aromatic rings. The number of benzene rings is 1. The summed E-state index contributed by atoms with van der Waals surface area (Å²) in [6, 6.07) is 11.5. The van der Waals surface area contributed by atoms with Crippen LogP contribution < -0.4 is 0 Å². The van der Waals surface area contributed by atoms with Crippen molar-refractivity contribution >= 4 is 37.6 Å². The Labute approximate surface area is 123 Å². The first-order valence-electron chi connectivity index (χ1n) is 5.50. The molecule has 0 aliphatic heterocycles. The molecule has 0 saturated carbocycles. The summed E-state index contributed by atoms with van der Waals surface area (Å²) < 4.78 is 1.90. The number of Topliss-reactive ketones (excluding diaryl/α,β-unsaturated/α-hetero) is 1. The number of pyridine rings is 1. The average Bonchev–Trinajstić information content (AvgIpc) is 2.35. The molecular formula is C14H11Br2NO. The van der Waals surface area contributed by atoms with E-state index in [1.165, 1.54) is 0 Å². The number of carbonyl (C=O) groups is 1. The zero-order valence-corrected chi connectivity index (χ0v) is 12.7. The normalized spacial score (nSPS) is 10.3. The fourth-order valence-corrected chi connectivity index (χ4v) is 2.29. The Morgan fingerprint density at radius 1 is 1.06 bits per heavy atom. The molecule has 0 bridgehead atoms. The summed E-state index contributed by atoms with van der Waals surface area (Å²) in [6.07, 6.45) is 2.51. The lowest BCUT2D eigenvalue weighted by atomic mass is 10.1. The van der Waals surface area contributed by atoms with Crippen LogP contribution in [-0.4, -0.2) is 10.8 Å². The summed E-state index contributed by atoms with van der Waals surface area (Å²) >= 11 is 6.77.